The first-order valence-electron chi connectivity index (χ1n) is 5.77. The van der Waals surface area contributed by atoms with Gasteiger partial charge >= 0.3 is 5.97 Å². The van der Waals surface area contributed by atoms with E-state index in [2.05, 4.69) is 10.4 Å². The van der Waals surface area contributed by atoms with Crippen LogP contribution in [0.25, 0.3) is 0 Å². The van der Waals surface area contributed by atoms with Crippen LogP contribution in [0, 0.1) is 0 Å². The van der Waals surface area contributed by atoms with Crippen LogP contribution in [0.2, 0.25) is 0 Å². The van der Waals surface area contributed by atoms with E-state index in [9.17, 15) is 9.59 Å². The second-order valence-electron chi connectivity index (χ2n) is 3.74. The van der Waals surface area contributed by atoms with Crippen LogP contribution >= 0.6 is 0 Å². The number of rotatable bonds is 6. The summed E-state index contributed by atoms with van der Waals surface area (Å²) in [6.07, 6.45) is 2.24. The van der Waals surface area contributed by atoms with Crippen molar-refractivity contribution in [3.05, 3.63) is 11.9 Å². The number of hydrogen-bond acceptors (Lipinski definition) is 5. The monoisotopic (exact) mass is 254 g/mol. The first-order valence-corrected chi connectivity index (χ1v) is 5.77. The molecule has 7 nitrogen and oxygen atoms in total. The zero-order valence-electron chi connectivity index (χ0n) is 10.6. The number of amides is 1. The molecule has 1 heterocycles. The summed E-state index contributed by atoms with van der Waals surface area (Å²) in [6.45, 7) is 2.52. The first-order chi connectivity index (χ1) is 8.56. The Morgan fingerprint density at radius 3 is 2.83 bits per heavy atom. The molecule has 7 heteroatoms. The largest absolute Gasteiger partial charge is 0.466 e. The second kappa shape index (κ2) is 6.63. The number of ether oxygens (including phenoxy) is 1. The third-order valence-electron chi connectivity index (χ3n) is 2.33. The Balaban J connectivity index is 2.32. The number of aromatic nitrogens is 2. The molecule has 0 aliphatic heterocycles. The molecule has 0 aromatic carbocycles. The van der Waals surface area contributed by atoms with Gasteiger partial charge in [0, 0.05) is 20.0 Å². The van der Waals surface area contributed by atoms with E-state index in [0.717, 1.165) is 0 Å². The molecule has 0 unspecified atom stereocenters. The summed E-state index contributed by atoms with van der Waals surface area (Å²) in [7, 11) is 1.64. The Bertz CT molecular complexity index is 408. The van der Waals surface area contributed by atoms with Crippen LogP contribution in [0.1, 0.15) is 30.3 Å². The molecule has 0 spiro atoms. The van der Waals surface area contributed by atoms with Gasteiger partial charge in [0.05, 0.1) is 18.5 Å². The number of hydrogen-bond donors (Lipinski definition) is 2. The van der Waals surface area contributed by atoms with Gasteiger partial charge in [-0.1, -0.05) is 0 Å². The molecule has 0 fully saturated rings. The Hall–Kier alpha value is -2.05. The number of nitrogen functional groups attached to an aromatic ring is 1. The smallest absolute Gasteiger partial charge is 0.305 e. The molecule has 0 saturated heterocycles. The minimum Gasteiger partial charge on any atom is -0.466 e. The molecule has 0 saturated carbocycles. The highest BCUT2D eigenvalue weighted by Gasteiger charge is 2.14. The van der Waals surface area contributed by atoms with Crippen molar-refractivity contribution in [3.63, 3.8) is 0 Å². The van der Waals surface area contributed by atoms with E-state index in [4.69, 9.17) is 10.5 Å². The molecule has 0 aliphatic rings. The summed E-state index contributed by atoms with van der Waals surface area (Å²) in [4.78, 5) is 22.8. The number of esters is 1. The summed E-state index contributed by atoms with van der Waals surface area (Å²) in [5.74, 6) is -0.553. The second-order valence-corrected chi connectivity index (χ2v) is 3.74. The van der Waals surface area contributed by atoms with Gasteiger partial charge in [-0.3, -0.25) is 14.3 Å². The molecule has 1 aromatic heterocycles. The SMILES string of the molecule is CCOC(=O)CCCNC(=O)c1c(N)cnn1C. The standard InChI is InChI=1S/C11H18N4O3/c1-3-18-9(16)5-4-6-13-11(17)10-8(12)7-14-15(10)2/h7H,3-6,12H2,1-2H3,(H,13,17). The zero-order valence-corrected chi connectivity index (χ0v) is 10.6. The van der Waals surface area contributed by atoms with Gasteiger partial charge in [0.25, 0.3) is 5.91 Å². The lowest BCUT2D eigenvalue weighted by Crippen LogP contribution is -2.27. The van der Waals surface area contributed by atoms with Crippen molar-refractivity contribution in [2.75, 3.05) is 18.9 Å². The van der Waals surface area contributed by atoms with Crippen LogP contribution in [-0.4, -0.2) is 34.8 Å². The molecule has 0 bridgehead atoms. The van der Waals surface area contributed by atoms with E-state index in [0.29, 0.717) is 31.0 Å². The fraction of sp³-hybridized carbons (Fsp3) is 0.545. The summed E-state index contributed by atoms with van der Waals surface area (Å²) in [5.41, 5.74) is 6.27. The Morgan fingerprint density at radius 2 is 2.28 bits per heavy atom. The van der Waals surface area contributed by atoms with E-state index in [1.807, 2.05) is 0 Å². The number of carbonyl (C=O) groups is 2. The van der Waals surface area contributed by atoms with Crippen LogP contribution in [0.3, 0.4) is 0 Å². The zero-order chi connectivity index (χ0) is 13.5. The molecule has 18 heavy (non-hydrogen) atoms. The van der Waals surface area contributed by atoms with Crippen LogP contribution < -0.4 is 11.1 Å². The van der Waals surface area contributed by atoms with Gasteiger partial charge in [0.2, 0.25) is 0 Å². The minimum atomic E-state index is -0.295. The topological polar surface area (TPSA) is 99.2 Å². The molecule has 100 valence electrons. The van der Waals surface area contributed by atoms with E-state index in [-0.39, 0.29) is 18.3 Å². The molecule has 0 radical (unpaired) electrons. The normalized spacial score (nSPS) is 10.1. The van der Waals surface area contributed by atoms with E-state index < -0.39 is 0 Å². The summed E-state index contributed by atoms with van der Waals surface area (Å²) < 4.78 is 6.19. The fourth-order valence-corrected chi connectivity index (χ4v) is 1.48. The van der Waals surface area contributed by atoms with Crippen LogP contribution in [0.4, 0.5) is 5.69 Å². The van der Waals surface area contributed by atoms with Gasteiger partial charge in [-0.2, -0.15) is 5.10 Å². The van der Waals surface area contributed by atoms with Crippen molar-refractivity contribution < 1.29 is 14.3 Å². The van der Waals surface area contributed by atoms with E-state index in [1.54, 1.807) is 14.0 Å². The number of nitrogens with zero attached hydrogens (tertiary/aromatic N) is 2. The third kappa shape index (κ3) is 3.76. The molecule has 1 aromatic rings. The lowest BCUT2D eigenvalue weighted by molar-refractivity contribution is -0.143. The number of nitrogens with one attached hydrogen (secondary N) is 1. The molecule has 0 aliphatic carbocycles. The van der Waals surface area contributed by atoms with Crippen molar-refractivity contribution in [2.45, 2.75) is 19.8 Å². The fourth-order valence-electron chi connectivity index (χ4n) is 1.48. The highest BCUT2D eigenvalue weighted by Crippen LogP contribution is 2.08. The van der Waals surface area contributed by atoms with Crippen LogP contribution in [0.15, 0.2) is 6.20 Å². The first kappa shape index (κ1) is 14.0. The van der Waals surface area contributed by atoms with Gasteiger partial charge in [0.1, 0.15) is 5.69 Å². The van der Waals surface area contributed by atoms with Gasteiger partial charge < -0.3 is 15.8 Å². The van der Waals surface area contributed by atoms with E-state index >= 15 is 0 Å². The van der Waals surface area contributed by atoms with Crippen molar-refractivity contribution >= 4 is 17.6 Å². The third-order valence-corrected chi connectivity index (χ3v) is 2.33. The lowest BCUT2D eigenvalue weighted by Gasteiger charge is -2.06. The molecule has 0 atom stereocenters. The maximum Gasteiger partial charge on any atom is 0.305 e. The minimum absolute atomic E-state index is 0.258. The predicted molar refractivity (Wildman–Crippen MR) is 65.8 cm³/mol. The Morgan fingerprint density at radius 1 is 1.56 bits per heavy atom. The molecule has 3 N–H and O–H groups in total. The molecular formula is C11H18N4O3. The number of carbonyl (C=O) groups excluding carboxylic acids is 2. The van der Waals surface area contributed by atoms with Crippen molar-refractivity contribution in [1.82, 2.24) is 15.1 Å². The van der Waals surface area contributed by atoms with Crippen molar-refractivity contribution in [1.29, 1.82) is 0 Å². The molecular weight excluding hydrogens is 236 g/mol. The highest BCUT2D eigenvalue weighted by atomic mass is 16.5. The molecule has 1 rings (SSSR count). The lowest BCUT2D eigenvalue weighted by atomic mass is 10.3. The summed E-state index contributed by atoms with van der Waals surface area (Å²) in [5, 5.41) is 6.55. The van der Waals surface area contributed by atoms with Crippen LogP contribution in [0.5, 0.6) is 0 Å². The quantitative estimate of drug-likeness (QED) is 0.553. The summed E-state index contributed by atoms with van der Waals surface area (Å²) in [6, 6.07) is 0. The Labute approximate surface area is 105 Å². The van der Waals surface area contributed by atoms with Gasteiger partial charge in [-0.05, 0) is 13.3 Å². The van der Waals surface area contributed by atoms with Gasteiger partial charge in [0.15, 0.2) is 0 Å². The Kier molecular flexibility index (Phi) is 5.16. The van der Waals surface area contributed by atoms with Crippen molar-refractivity contribution in [2.24, 2.45) is 7.05 Å². The number of nitrogens with two attached hydrogens (primary N) is 1. The highest BCUT2D eigenvalue weighted by molar-refractivity contribution is 5.97. The maximum atomic E-state index is 11.7. The van der Waals surface area contributed by atoms with Crippen molar-refractivity contribution in [3.8, 4) is 0 Å². The van der Waals surface area contributed by atoms with Crippen LogP contribution in [-0.2, 0) is 16.6 Å². The van der Waals surface area contributed by atoms with E-state index in [1.165, 1.54) is 10.9 Å². The maximum absolute atomic E-state index is 11.7. The number of anilines is 1. The summed E-state index contributed by atoms with van der Waals surface area (Å²) >= 11 is 0. The average Bonchev–Trinajstić information content (AvgIpc) is 2.65. The molecule has 1 amide bonds. The van der Waals surface area contributed by atoms with Gasteiger partial charge in [-0.25, -0.2) is 0 Å². The number of aryl methyl sites for hydroxylation is 1. The average molecular weight is 254 g/mol. The predicted octanol–water partition coefficient (Wildman–Crippen LogP) is 0.0754. The van der Waals surface area contributed by atoms with Gasteiger partial charge in [-0.15, -0.1) is 0 Å².